The van der Waals surface area contributed by atoms with Crippen LogP contribution in [0, 0.1) is 5.82 Å². The SMILES string of the molecule is CNCc1cccc(F)c1C(C)F. The van der Waals surface area contributed by atoms with Crippen LogP contribution in [0.2, 0.25) is 0 Å². The highest BCUT2D eigenvalue weighted by atomic mass is 19.1. The summed E-state index contributed by atoms with van der Waals surface area (Å²) >= 11 is 0. The average molecular weight is 185 g/mol. The van der Waals surface area contributed by atoms with Gasteiger partial charge in [0.25, 0.3) is 0 Å². The van der Waals surface area contributed by atoms with E-state index in [1.165, 1.54) is 13.0 Å². The minimum Gasteiger partial charge on any atom is -0.316 e. The Morgan fingerprint density at radius 1 is 1.46 bits per heavy atom. The van der Waals surface area contributed by atoms with Crippen LogP contribution in [-0.2, 0) is 6.54 Å². The van der Waals surface area contributed by atoms with Gasteiger partial charge in [-0.3, -0.25) is 0 Å². The molecule has 1 N–H and O–H groups in total. The molecule has 72 valence electrons. The van der Waals surface area contributed by atoms with Gasteiger partial charge in [-0.05, 0) is 25.6 Å². The lowest BCUT2D eigenvalue weighted by Gasteiger charge is -2.10. The zero-order valence-electron chi connectivity index (χ0n) is 7.77. The molecule has 0 heterocycles. The van der Waals surface area contributed by atoms with Crippen LogP contribution in [0.4, 0.5) is 8.78 Å². The minimum absolute atomic E-state index is 0.164. The van der Waals surface area contributed by atoms with E-state index in [1.54, 1.807) is 19.2 Å². The van der Waals surface area contributed by atoms with Crippen molar-refractivity contribution >= 4 is 0 Å². The number of hydrogen-bond acceptors (Lipinski definition) is 1. The molecule has 0 radical (unpaired) electrons. The lowest BCUT2D eigenvalue weighted by Crippen LogP contribution is -2.09. The van der Waals surface area contributed by atoms with Crippen LogP contribution in [0.25, 0.3) is 0 Å². The molecule has 0 spiro atoms. The van der Waals surface area contributed by atoms with Gasteiger partial charge in [-0.25, -0.2) is 8.78 Å². The number of hydrogen-bond donors (Lipinski definition) is 1. The van der Waals surface area contributed by atoms with E-state index in [-0.39, 0.29) is 5.56 Å². The molecule has 1 unspecified atom stereocenters. The van der Waals surface area contributed by atoms with Crippen molar-refractivity contribution in [3.8, 4) is 0 Å². The van der Waals surface area contributed by atoms with Crippen molar-refractivity contribution in [3.05, 3.63) is 35.1 Å². The van der Waals surface area contributed by atoms with Crippen LogP contribution >= 0.6 is 0 Å². The van der Waals surface area contributed by atoms with Gasteiger partial charge >= 0.3 is 0 Å². The molecule has 0 fully saturated rings. The first-order valence-electron chi connectivity index (χ1n) is 4.22. The van der Waals surface area contributed by atoms with E-state index >= 15 is 0 Å². The molecular weight excluding hydrogens is 172 g/mol. The van der Waals surface area contributed by atoms with E-state index in [0.717, 1.165) is 0 Å². The van der Waals surface area contributed by atoms with Crippen molar-refractivity contribution in [2.24, 2.45) is 0 Å². The first kappa shape index (κ1) is 10.1. The summed E-state index contributed by atoms with van der Waals surface area (Å²) in [5.41, 5.74) is 0.842. The summed E-state index contributed by atoms with van der Waals surface area (Å²) in [4.78, 5) is 0. The Hall–Kier alpha value is -0.960. The van der Waals surface area contributed by atoms with Crippen molar-refractivity contribution in [2.45, 2.75) is 19.6 Å². The largest absolute Gasteiger partial charge is 0.316 e. The van der Waals surface area contributed by atoms with Crippen LogP contribution in [0.3, 0.4) is 0 Å². The van der Waals surface area contributed by atoms with Crippen LogP contribution < -0.4 is 5.32 Å². The van der Waals surface area contributed by atoms with Gasteiger partial charge in [0.15, 0.2) is 0 Å². The summed E-state index contributed by atoms with van der Waals surface area (Å²) in [7, 11) is 1.75. The third kappa shape index (κ3) is 2.25. The molecule has 0 aliphatic heterocycles. The smallest absolute Gasteiger partial charge is 0.129 e. The monoisotopic (exact) mass is 185 g/mol. The summed E-state index contributed by atoms with van der Waals surface area (Å²) in [5.74, 6) is -0.470. The lowest BCUT2D eigenvalue weighted by atomic mass is 10.0. The first-order valence-corrected chi connectivity index (χ1v) is 4.22. The fourth-order valence-corrected chi connectivity index (χ4v) is 1.37. The maximum absolute atomic E-state index is 13.2. The molecule has 0 aromatic heterocycles. The van der Waals surface area contributed by atoms with E-state index in [4.69, 9.17) is 0 Å². The number of benzene rings is 1. The van der Waals surface area contributed by atoms with Crippen molar-refractivity contribution in [2.75, 3.05) is 7.05 Å². The summed E-state index contributed by atoms with van der Waals surface area (Å²) in [6, 6.07) is 4.60. The Morgan fingerprint density at radius 3 is 2.69 bits per heavy atom. The van der Waals surface area contributed by atoms with Gasteiger partial charge < -0.3 is 5.32 Å². The highest BCUT2D eigenvalue weighted by Gasteiger charge is 2.13. The maximum Gasteiger partial charge on any atom is 0.129 e. The van der Waals surface area contributed by atoms with Crippen molar-refractivity contribution in [3.63, 3.8) is 0 Å². The number of nitrogens with one attached hydrogen (secondary N) is 1. The molecule has 0 saturated heterocycles. The highest BCUT2D eigenvalue weighted by molar-refractivity contribution is 5.30. The maximum atomic E-state index is 13.2. The van der Waals surface area contributed by atoms with Crippen LogP contribution in [0.1, 0.15) is 24.2 Å². The molecule has 1 aromatic carbocycles. The van der Waals surface area contributed by atoms with Crippen molar-refractivity contribution in [1.82, 2.24) is 5.32 Å². The molecule has 0 bridgehead atoms. The topological polar surface area (TPSA) is 12.0 Å². The summed E-state index contributed by atoms with van der Waals surface area (Å²) in [6.07, 6.45) is -1.26. The van der Waals surface area contributed by atoms with E-state index in [9.17, 15) is 8.78 Å². The molecular formula is C10H13F2N. The fraction of sp³-hybridized carbons (Fsp3) is 0.400. The van der Waals surface area contributed by atoms with Gasteiger partial charge in [-0.15, -0.1) is 0 Å². The lowest BCUT2D eigenvalue weighted by molar-refractivity contribution is 0.358. The predicted octanol–water partition coefficient (Wildman–Crippen LogP) is 2.58. The second-order valence-electron chi connectivity index (χ2n) is 2.96. The van der Waals surface area contributed by atoms with Crippen LogP contribution in [0.5, 0.6) is 0 Å². The molecule has 0 aliphatic carbocycles. The van der Waals surface area contributed by atoms with E-state index in [2.05, 4.69) is 5.32 Å². The first-order chi connectivity index (χ1) is 6.16. The average Bonchev–Trinajstić information content (AvgIpc) is 2.04. The van der Waals surface area contributed by atoms with Crippen molar-refractivity contribution in [1.29, 1.82) is 0 Å². The summed E-state index contributed by atoms with van der Waals surface area (Å²) < 4.78 is 26.2. The zero-order chi connectivity index (χ0) is 9.84. The molecule has 1 atom stereocenters. The summed E-state index contributed by atoms with van der Waals surface area (Å²) in [6.45, 7) is 1.83. The van der Waals surface area contributed by atoms with Gasteiger partial charge in [0.05, 0.1) is 0 Å². The van der Waals surface area contributed by atoms with Gasteiger partial charge in [-0.2, -0.15) is 0 Å². The number of alkyl halides is 1. The highest BCUT2D eigenvalue weighted by Crippen LogP contribution is 2.23. The third-order valence-electron chi connectivity index (χ3n) is 1.91. The zero-order valence-corrected chi connectivity index (χ0v) is 7.77. The number of rotatable bonds is 3. The Morgan fingerprint density at radius 2 is 2.15 bits per heavy atom. The predicted molar refractivity (Wildman–Crippen MR) is 48.7 cm³/mol. The van der Waals surface area contributed by atoms with Crippen molar-refractivity contribution < 1.29 is 8.78 Å². The van der Waals surface area contributed by atoms with E-state index < -0.39 is 12.0 Å². The van der Waals surface area contributed by atoms with Gasteiger partial charge in [-0.1, -0.05) is 12.1 Å². The second-order valence-corrected chi connectivity index (χ2v) is 2.96. The Bertz CT molecular complexity index is 284. The standard InChI is InChI=1S/C10H13F2N/c1-7(11)10-8(6-13-2)4-3-5-9(10)12/h3-5,7,13H,6H2,1-2H3. The molecule has 3 heteroatoms. The van der Waals surface area contributed by atoms with E-state index in [1.807, 2.05) is 0 Å². The van der Waals surface area contributed by atoms with Gasteiger partial charge in [0.2, 0.25) is 0 Å². The molecule has 13 heavy (non-hydrogen) atoms. The molecule has 1 nitrogen and oxygen atoms in total. The van der Waals surface area contributed by atoms with Crippen LogP contribution in [-0.4, -0.2) is 7.05 Å². The van der Waals surface area contributed by atoms with Crippen LogP contribution in [0.15, 0.2) is 18.2 Å². The third-order valence-corrected chi connectivity index (χ3v) is 1.91. The Kier molecular flexibility index (Phi) is 3.37. The number of halogens is 2. The molecule has 0 aliphatic rings. The normalized spacial score (nSPS) is 12.9. The van der Waals surface area contributed by atoms with Gasteiger partial charge in [0.1, 0.15) is 12.0 Å². The Labute approximate surface area is 76.8 Å². The van der Waals surface area contributed by atoms with E-state index in [0.29, 0.717) is 12.1 Å². The minimum atomic E-state index is -1.26. The van der Waals surface area contributed by atoms with Gasteiger partial charge in [0, 0.05) is 12.1 Å². The molecule has 0 saturated carbocycles. The molecule has 1 rings (SSSR count). The quantitative estimate of drug-likeness (QED) is 0.763. The molecule has 0 amide bonds. The molecule has 1 aromatic rings. The second kappa shape index (κ2) is 4.33. The fourth-order valence-electron chi connectivity index (χ4n) is 1.37. The Balaban J connectivity index is 3.10. The summed E-state index contributed by atoms with van der Waals surface area (Å²) in [5, 5.41) is 2.87.